The number of hydrogen-bond acceptors (Lipinski definition) is 4. The quantitative estimate of drug-likeness (QED) is 0.806. The van der Waals surface area contributed by atoms with Gasteiger partial charge in [0.1, 0.15) is 5.82 Å². The number of nitrogens with zero attached hydrogens (tertiary/aromatic N) is 2. The van der Waals surface area contributed by atoms with Crippen LogP contribution in [-0.2, 0) is 10.0 Å². The summed E-state index contributed by atoms with van der Waals surface area (Å²) in [5, 5.41) is 4.15. The van der Waals surface area contributed by atoms with Gasteiger partial charge >= 0.3 is 0 Å². The summed E-state index contributed by atoms with van der Waals surface area (Å²) < 4.78 is 26.1. The summed E-state index contributed by atoms with van der Waals surface area (Å²) in [7, 11) is -3.79. The molecule has 1 heterocycles. The number of nitrogen functional groups attached to an aromatic ring is 1. The summed E-state index contributed by atoms with van der Waals surface area (Å²) >= 11 is 0. The third-order valence-corrected chi connectivity index (χ3v) is 4.94. The van der Waals surface area contributed by atoms with Crippen molar-refractivity contribution in [1.29, 1.82) is 0 Å². The average Bonchev–Trinajstić information content (AvgIpc) is 2.91. The number of aromatic nitrogens is 2. The molecule has 2 aromatic carbocycles. The van der Waals surface area contributed by atoms with Crippen molar-refractivity contribution in [3.8, 4) is 11.3 Å². The lowest BCUT2D eigenvalue weighted by Crippen LogP contribution is -2.16. The van der Waals surface area contributed by atoms with Crippen molar-refractivity contribution < 1.29 is 8.42 Å². The van der Waals surface area contributed by atoms with Crippen molar-refractivity contribution in [3.05, 3.63) is 66.2 Å². The minimum atomic E-state index is -3.79. The van der Waals surface area contributed by atoms with Crippen LogP contribution in [0.15, 0.2) is 65.6 Å². The summed E-state index contributed by atoms with van der Waals surface area (Å²) in [6.07, 6.45) is 0. The smallest absolute Gasteiger partial charge is 0.284 e. The van der Waals surface area contributed by atoms with Gasteiger partial charge in [0.05, 0.1) is 10.6 Å². The number of benzene rings is 2. The van der Waals surface area contributed by atoms with Gasteiger partial charge in [-0.1, -0.05) is 48.0 Å². The van der Waals surface area contributed by atoms with Gasteiger partial charge in [0, 0.05) is 11.6 Å². The number of aryl methyl sites for hydroxylation is 1. The molecule has 0 saturated carbocycles. The molecular weight excluding hydrogens is 298 g/mol. The van der Waals surface area contributed by atoms with E-state index in [4.69, 9.17) is 5.73 Å². The molecule has 22 heavy (non-hydrogen) atoms. The van der Waals surface area contributed by atoms with Crippen LogP contribution in [0.5, 0.6) is 0 Å². The average molecular weight is 313 g/mol. The number of hydrogen-bond donors (Lipinski definition) is 1. The van der Waals surface area contributed by atoms with Crippen LogP contribution in [-0.4, -0.2) is 17.6 Å². The van der Waals surface area contributed by atoms with E-state index in [0.717, 1.165) is 15.2 Å². The van der Waals surface area contributed by atoms with Gasteiger partial charge in [0.25, 0.3) is 10.0 Å². The van der Waals surface area contributed by atoms with Gasteiger partial charge in [0.2, 0.25) is 0 Å². The molecular formula is C16H15N3O2S. The fraction of sp³-hybridized carbons (Fsp3) is 0.0625. The van der Waals surface area contributed by atoms with Crippen molar-refractivity contribution in [2.24, 2.45) is 0 Å². The lowest BCUT2D eigenvalue weighted by Gasteiger charge is -2.06. The Morgan fingerprint density at radius 2 is 1.64 bits per heavy atom. The Hall–Kier alpha value is -2.60. The highest BCUT2D eigenvalue weighted by molar-refractivity contribution is 7.90. The summed E-state index contributed by atoms with van der Waals surface area (Å²) in [5.74, 6) is 0.0828. The van der Waals surface area contributed by atoms with Crippen LogP contribution in [0.3, 0.4) is 0 Å². The van der Waals surface area contributed by atoms with Gasteiger partial charge in [-0.3, -0.25) is 0 Å². The zero-order valence-electron chi connectivity index (χ0n) is 12.0. The molecule has 6 heteroatoms. The highest BCUT2D eigenvalue weighted by atomic mass is 32.2. The summed E-state index contributed by atoms with van der Waals surface area (Å²) in [5.41, 5.74) is 8.17. The third kappa shape index (κ3) is 2.48. The molecule has 0 fully saturated rings. The lowest BCUT2D eigenvalue weighted by molar-refractivity contribution is 0.581. The highest BCUT2D eigenvalue weighted by Gasteiger charge is 2.21. The van der Waals surface area contributed by atoms with Crippen LogP contribution in [0.25, 0.3) is 11.3 Å². The van der Waals surface area contributed by atoms with Crippen LogP contribution in [0.1, 0.15) is 5.56 Å². The van der Waals surface area contributed by atoms with Crippen LogP contribution in [0.4, 0.5) is 5.82 Å². The zero-order chi connectivity index (χ0) is 15.7. The minimum Gasteiger partial charge on any atom is -0.383 e. The van der Waals surface area contributed by atoms with E-state index < -0.39 is 10.0 Å². The van der Waals surface area contributed by atoms with Crippen LogP contribution < -0.4 is 5.73 Å². The monoisotopic (exact) mass is 313 g/mol. The van der Waals surface area contributed by atoms with Crippen LogP contribution in [0, 0.1) is 6.92 Å². The topological polar surface area (TPSA) is 78.0 Å². The van der Waals surface area contributed by atoms with Gasteiger partial charge in [-0.05, 0) is 19.1 Å². The molecule has 0 spiro atoms. The van der Waals surface area contributed by atoms with Gasteiger partial charge in [-0.2, -0.15) is 13.5 Å². The number of nitrogens with two attached hydrogens (primary N) is 1. The molecule has 5 nitrogen and oxygen atoms in total. The molecule has 0 aliphatic heterocycles. The first-order chi connectivity index (χ1) is 10.5. The molecule has 112 valence electrons. The van der Waals surface area contributed by atoms with E-state index in [0.29, 0.717) is 5.69 Å². The van der Waals surface area contributed by atoms with Crippen LogP contribution >= 0.6 is 0 Å². The van der Waals surface area contributed by atoms with Gasteiger partial charge < -0.3 is 5.73 Å². The molecule has 2 N–H and O–H groups in total. The second-order valence-electron chi connectivity index (χ2n) is 4.98. The molecule has 0 saturated heterocycles. The summed E-state index contributed by atoms with van der Waals surface area (Å²) in [6, 6.07) is 17.4. The molecule has 0 atom stereocenters. The Labute approximate surface area is 129 Å². The van der Waals surface area contributed by atoms with Gasteiger partial charge in [0.15, 0.2) is 0 Å². The maximum absolute atomic E-state index is 12.6. The Balaban J connectivity index is 2.09. The largest absolute Gasteiger partial charge is 0.383 e. The van der Waals surface area contributed by atoms with E-state index in [2.05, 4.69) is 5.10 Å². The van der Waals surface area contributed by atoms with E-state index in [9.17, 15) is 8.42 Å². The molecule has 0 bridgehead atoms. The Kier molecular flexibility index (Phi) is 3.46. The molecule has 0 unspecified atom stereocenters. The molecule has 1 aromatic heterocycles. The van der Waals surface area contributed by atoms with Crippen molar-refractivity contribution in [3.63, 3.8) is 0 Å². The van der Waals surface area contributed by atoms with Gasteiger partial charge in [-0.15, -0.1) is 4.09 Å². The first-order valence-corrected chi connectivity index (χ1v) is 8.16. The van der Waals surface area contributed by atoms with Crippen molar-refractivity contribution in [1.82, 2.24) is 9.19 Å². The molecule has 3 rings (SSSR count). The predicted octanol–water partition coefficient (Wildman–Crippen LogP) is 2.68. The number of anilines is 1. The molecule has 0 radical (unpaired) electrons. The third-order valence-electron chi connectivity index (χ3n) is 3.32. The maximum atomic E-state index is 12.6. The van der Waals surface area contributed by atoms with E-state index >= 15 is 0 Å². The Bertz CT molecular complexity index is 898. The maximum Gasteiger partial charge on any atom is 0.284 e. The van der Waals surface area contributed by atoms with E-state index in [1.54, 1.807) is 30.3 Å². The summed E-state index contributed by atoms with van der Waals surface area (Å²) in [6.45, 7) is 1.90. The van der Waals surface area contributed by atoms with Gasteiger partial charge in [-0.25, -0.2) is 0 Å². The fourth-order valence-electron chi connectivity index (χ4n) is 2.13. The second kappa shape index (κ2) is 5.31. The fourth-order valence-corrected chi connectivity index (χ4v) is 3.34. The minimum absolute atomic E-state index is 0.0828. The lowest BCUT2D eigenvalue weighted by atomic mass is 10.2. The van der Waals surface area contributed by atoms with E-state index in [1.807, 2.05) is 37.3 Å². The van der Waals surface area contributed by atoms with Crippen LogP contribution in [0.2, 0.25) is 0 Å². The predicted molar refractivity (Wildman–Crippen MR) is 85.8 cm³/mol. The SMILES string of the molecule is Cc1ccc(S(=O)(=O)n2nc(-c3ccccc3)cc2N)cc1. The van der Waals surface area contributed by atoms with Crippen molar-refractivity contribution in [2.45, 2.75) is 11.8 Å². The number of rotatable bonds is 3. The Morgan fingerprint density at radius 3 is 2.27 bits per heavy atom. The normalized spacial score (nSPS) is 11.5. The highest BCUT2D eigenvalue weighted by Crippen LogP contribution is 2.23. The Morgan fingerprint density at radius 1 is 1.00 bits per heavy atom. The molecule has 0 aliphatic rings. The zero-order valence-corrected chi connectivity index (χ0v) is 12.8. The molecule has 3 aromatic rings. The van der Waals surface area contributed by atoms with Crippen molar-refractivity contribution >= 4 is 15.8 Å². The summed E-state index contributed by atoms with van der Waals surface area (Å²) in [4.78, 5) is 0.160. The standard InChI is InChI=1S/C16H15N3O2S/c1-12-7-9-14(10-8-12)22(20,21)19-16(17)11-15(18-19)13-5-3-2-4-6-13/h2-11H,17H2,1H3. The first kappa shape index (κ1) is 14.3. The second-order valence-corrected chi connectivity index (χ2v) is 6.75. The van der Waals surface area contributed by atoms with E-state index in [-0.39, 0.29) is 10.7 Å². The molecule has 0 aliphatic carbocycles. The van der Waals surface area contributed by atoms with E-state index in [1.165, 1.54) is 0 Å². The van der Waals surface area contributed by atoms with Crippen molar-refractivity contribution in [2.75, 3.05) is 5.73 Å². The first-order valence-electron chi connectivity index (χ1n) is 6.72. The molecule has 0 amide bonds.